The molecule has 0 aliphatic carbocycles. The fraction of sp³-hybridized carbons (Fsp3) is 0.400. The van der Waals surface area contributed by atoms with Crippen molar-refractivity contribution >= 4 is 15.7 Å². The van der Waals surface area contributed by atoms with Crippen LogP contribution in [0.3, 0.4) is 0 Å². The van der Waals surface area contributed by atoms with E-state index in [4.69, 9.17) is 5.11 Å². The molecular weight excluding hydrogens is 214 g/mol. The number of benzene rings is 1. The third-order valence-electron chi connectivity index (χ3n) is 2.06. The highest BCUT2D eigenvalue weighted by atomic mass is 32.2. The van der Waals surface area contributed by atoms with Crippen LogP contribution in [0.5, 0.6) is 0 Å². The topological polar surface area (TPSA) is 66.4 Å². The van der Waals surface area contributed by atoms with Crippen molar-refractivity contribution in [2.24, 2.45) is 0 Å². The van der Waals surface area contributed by atoms with Gasteiger partial charge in [-0.05, 0) is 17.7 Å². The highest BCUT2D eigenvalue weighted by Gasteiger charge is 2.05. The van der Waals surface area contributed by atoms with Gasteiger partial charge in [-0.3, -0.25) is 4.72 Å². The maximum absolute atomic E-state index is 10.9. The average Bonchev–Trinajstić information content (AvgIpc) is 2.15. The molecule has 1 atom stereocenters. The minimum atomic E-state index is -3.22. The summed E-state index contributed by atoms with van der Waals surface area (Å²) in [6.45, 7) is 1.98. The Balaban J connectivity index is 2.81. The highest BCUT2D eigenvalue weighted by molar-refractivity contribution is 7.92. The minimum Gasteiger partial charge on any atom is -0.396 e. The monoisotopic (exact) mass is 229 g/mol. The number of aliphatic hydroxyl groups excluding tert-OH is 1. The molecular formula is C10H15NO3S. The van der Waals surface area contributed by atoms with E-state index in [1.54, 1.807) is 24.3 Å². The maximum atomic E-state index is 10.9. The molecule has 0 aromatic heterocycles. The normalized spacial score (nSPS) is 13.5. The summed E-state index contributed by atoms with van der Waals surface area (Å²) >= 11 is 0. The molecule has 84 valence electrons. The summed E-state index contributed by atoms with van der Waals surface area (Å²) in [7, 11) is -3.22. The molecule has 5 heteroatoms. The van der Waals surface area contributed by atoms with Crippen LogP contribution < -0.4 is 4.72 Å². The summed E-state index contributed by atoms with van der Waals surface area (Å²) in [4.78, 5) is 0. The largest absolute Gasteiger partial charge is 0.396 e. The van der Waals surface area contributed by atoms with Gasteiger partial charge in [-0.25, -0.2) is 8.42 Å². The summed E-state index contributed by atoms with van der Waals surface area (Å²) < 4.78 is 24.2. The Labute approximate surface area is 90.0 Å². The van der Waals surface area contributed by atoms with Crippen molar-refractivity contribution in [3.05, 3.63) is 29.8 Å². The van der Waals surface area contributed by atoms with Crippen molar-refractivity contribution in [3.8, 4) is 0 Å². The molecule has 0 bridgehead atoms. The van der Waals surface area contributed by atoms with Gasteiger partial charge in [0, 0.05) is 18.2 Å². The van der Waals surface area contributed by atoms with E-state index < -0.39 is 10.0 Å². The average molecular weight is 229 g/mol. The minimum absolute atomic E-state index is 0.0669. The molecule has 0 spiro atoms. The molecule has 1 rings (SSSR count). The summed E-state index contributed by atoms with van der Waals surface area (Å²) in [6.07, 6.45) is 1.11. The number of anilines is 1. The molecule has 15 heavy (non-hydrogen) atoms. The van der Waals surface area contributed by atoms with Crippen LogP contribution in [-0.2, 0) is 10.0 Å². The second kappa shape index (κ2) is 4.63. The maximum Gasteiger partial charge on any atom is 0.229 e. The Morgan fingerprint density at radius 2 is 1.87 bits per heavy atom. The SMILES string of the molecule is CC(CO)c1ccc(NS(C)(=O)=O)cc1. The third-order valence-corrected chi connectivity index (χ3v) is 2.66. The quantitative estimate of drug-likeness (QED) is 0.814. The van der Waals surface area contributed by atoms with Crippen LogP contribution in [0, 0.1) is 0 Å². The van der Waals surface area contributed by atoms with Crippen LogP contribution in [-0.4, -0.2) is 26.4 Å². The van der Waals surface area contributed by atoms with Gasteiger partial charge in [0.1, 0.15) is 0 Å². The van der Waals surface area contributed by atoms with E-state index in [0.717, 1.165) is 11.8 Å². The van der Waals surface area contributed by atoms with E-state index in [2.05, 4.69) is 4.72 Å². The van der Waals surface area contributed by atoms with Gasteiger partial charge in [-0.2, -0.15) is 0 Å². The lowest BCUT2D eigenvalue weighted by atomic mass is 10.0. The number of hydrogen-bond acceptors (Lipinski definition) is 3. The molecule has 1 aromatic carbocycles. The Kier molecular flexibility index (Phi) is 3.71. The Hall–Kier alpha value is -1.07. The molecule has 0 saturated heterocycles. The van der Waals surface area contributed by atoms with Crippen LogP contribution in [0.15, 0.2) is 24.3 Å². The van der Waals surface area contributed by atoms with E-state index in [1.807, 2.05) is 6.92 Å². The van der Waals surface area contributed by atoms with Crippen molar-refractivity contribution < 1.29 is 13.5 Å². The van der Waals surface area contributed by atoms with Crippen molar-refractivity contribution in [2.45, 2.75) is 12.8 Å². The number of sulfonamides is 1. The van der Waals surface area contributed by atoms with Gasteiger partial charge in [0.25, 0.3) is 0 Å². The van der Waals surface area contributed by atoms with Gasteiger partial charge >= 0.3 is 0 Å². The second-order valence-corrected chi connectivity index (χ2v) is 5.33. The Morgan fingerprint density at radius 1 is 1.33 bits per heavy atom. The van der Waals surface area contributed by atoms with Crippen LogP contribution in [0.1, 0.15) is 18.4 Å². The molecule has 0 aliphatic heterocycles. The fourth-order valence-electron chi connectivity index (χ4n) is 1.20. The first-order chi connectivity index (χ1) is 6.92. The van der Waals surface area contributed by atoms with Crippen molar-refractivity contribution in [1.82, 2.24) is 0 Å². The zero-order chi connectivity index (χ0) is 11.5. The third kappa shape index (κ3) is 3.89. The number of aliphatic hydroxyl groups is 1. The molecule has 1 aromatic rings. The van der Waals surface area contributed by atoms with Crippen molar-refractivity contribution in [1.29, 1.82) is 0 Å². The lowest BCUT2D eigenvalue weighted by Crippen LogP contribution is -2.09. The van der Waals surface area contributed by atoms with Gasteiger partial charge in [-0.15, -0.1) is 0 Å². The standard InChI is InChI=1S/C10H15NO3S/c1-8(7-12)9-3-5-10(6-4-9)11-15(2,13)14/h3-6,8,11-12H,7H2,1-2H3. The molecule has 0 fully saturated rings. The van der Waals surface area contributed by atoms with Gasteiger partial charge in [-0.1, -0.05) is 19.1 Å². The van der Waals surface area contributed by atoms with Gasteiger partial charge in [0.05, 0.1) is 6.26 Å². The fourth-order valence-corrected chi connectivity index (χ4v) is 1.76. The van der Waals surface area contributed by atoms with Crippen LogP contribution in [0.4, 0.5) is 5.69 Å². The first-order valence-electron chi connectivity index (χ1n) is 4.61. The Bertz CT molecular complexity index is 411. The predicted octanol–water partition coefficient (Wildman–Crippen LogP) is 1.15. The first kappa shape index (κ1) is 12.0. The molecule has 2 N–H and O–H groups in total. The lowest BCUT2D eigenvalue weighted by Gasteiger charge is -2.09. The smallest absolute Gasteiger partial charge is 0.229 e. The number of hydrogen-bond donors (Lipinski definition) is 2. The van der Waals surface area contributed by atoms with Crippen molar-refractivity contribution in [2.75, 3.05) is 17.6 Å². The summed E-state index contributed by atoms with van der Waals surface area (Å²) in [5.41, 5.74) is 1.52. The zero-order valence-electron chi connectivity index (χ0n) is 8.77. The molecule has 0 heterocycles. The first-order valence-corrected chi connectivity index (χ1v) is 6.50. The Morgan fingerprint density at radius 3 is 2.27 bits per heavy atom. The predicted molar refractivity (Wildman–Crippen MR) is 60.4 cm³/mol. The molecule has 1 unspecified atom stereocenters. The zero-order valence-corrected chi connectivity index (χ0v) is 9.58. The molecule has 0 radical (unpaired) electrons. The summed E-state index contributed by atoms with van der Waals surface area (Å²) in [5, 5.41) is 8.93. The van der Waals surface area contributed by atoms with Gasteiger partial charge in [0.2, 0.25) is 10.0 Å². The second-order valence-electron chi connectivity index (χ2n) is 3.58. The van der Waals surface area contributed by atoms with Crippen LogP contribution in [0.25, 0.3) is 0 Å². The molecule has 0 saturated carbocycles. The van der Waals surface area contributed by atoms with E-state index in [9.17, 15) is 8.42 Å². The molecule has 4 nitrogen and oxygen atoms in total. The van der Waals surface area contributed by atoms with Crippen LogP contribution >= 0.6 is 0 Å². The van der Waals surface area contributed by atoms with E-state index in [-0.39, 0.29) is 12.5 Å². The van der Waals surface area contributed by atoms with Crippen LogP contribution in [0.2, 0.25) is 0 Å². The molecule has 0 amide bonds. The van der Waals surface area contributed by atoms with E-state index in [1.165, 1.54) is 0 Å². The number of nitrogens with one attached hydrogen (secondary N) is 1. The summed E-state index contributed by atoms with van der Waals surface area (Å²) in [5.74, 6) is 0.0669. The summed E-state index contributed by atoms with van der Waals surface area (Å²) in [6, 6.07) is 6.97. The number of rotatable bonds is 4. The van der Waals surface area contributed by atoms with E-state index >= 15 is 0 Å². The van der Waals surface area contributed by atoms with E-state index in [0.29, 0.717) is 5.69 Å². The van der Waals surface area contributed by atoms with Crippen molar-refractivity contribution in [3.63, 3.8) is 0 Å². The molecule has 0 aliphatic rings. The van der Waals surface area contributed by atoms with Gasteiger partial charge < -0.3 is 5.11 Å². The van der Waals surface area contributed by atoms with Gasteiger partial charge in [0.15, 0.2) is 0 Å². The lowest BCUT2D eigenvalue weighted by molar-refractivity contribution is 0.273. The highest BCUT2D eigenvalue weighted by Crippen LogP contribution is 2.17.